The van der Waals surface area contributed by atoms with E-state index < -0.39 is 0 Å². The van der Waals surface area contributed by atoms with Gasteiger partial charge in [0, 0.05) is 25.6 Å². The van der Waals surface area contributed by atoms with Crippen molar-refractivity contribution in [2.45, 2.75) is 0 Å². The van der Waals surface area contributed by atoms with E-state index in [1.54, 1.807) is 39.3 Å². The summed E-state index contributed by atoms with van der Waals surface area (Å²) in [6.07, 6.45) is 0. The minimum Gasteiger partial charge on any atom is -0.347 e. The van der Waals surface area contributed by atoms with E-state index in [4.69, 9.17) is 0 Å². The van der Waals surface area contributed by atoms with Gasteiger partial charge in [-0.2, -0.15) is 0 Å². The molecule has 5 heteroatoms. The summed E-state index contributed by atoms with van der Waals surface area (Å²) in [5, 5.41) is 0. The van der Waals surface area contributed by atoms with Gasteiger partial charge in [-0.3, -0.25) is 9.59 Å². The van der Waals surface area contributed by atoms with Crippen LogP contribution in [0, 0.1) is 0 Å². The van der Waals surface area contributed by atoms with Crippen LogP contribution in [0.15, 0.2) is 28.7 Å². The van der Waals surface area contributed by atoms with E-state index in [-0.39, 0.29) is 18.4 Å². The minimum atomic E-state index is -0.173. The first kappa shape index (κ1) is 13.7. The highest BCUT2D eigenvalue weighted by Gasteiger charge is 2.17. The summed E-state index contributed by atoms with van der Waals surface area (Å²) in [6, 6.07) is 7.16. The van der Waals surface area contributed by atoms with Gasteiger partial charge in [-0.15, -0.1) is 0 Å². The SMILES string of the molecule is CN(C)C(=O)CN(C)C(=O)c1ccccc1Br. The molecule has 0 aromatic heterocycles. The van der Waals surface area contributed by atoms with E-state index in [0.29, 0.717) is 5.56 Å². The van der Waals surface area contributed by atoms with Gasteiger partial charge in [0.1, 0.15) is 0 Å². The molecule has 1 aromatic rings. The Morgan fingerprint density at radius 3 is 2.29 bits per heavy atom. The van der Waals surface area contributed by atoms with Gasteiger partial charge in [-0.1, -0.05) is 12.1 Å². The van der Waals surface area contributed by atoms with E-state index in [1.807, 2.05) is 6.07 Å². The Kier molecular flexibility index (Phi) is 4.69. The maximum Gasteiger partial charge on any atom is 0.255 e. The summed E-state index contributed by atoms with van der Waals surface area (Å²) >= 11 is 3.32. The first-order valence-electron chi connectivity index (χ1n) is 5.13. The number of rotatable bonds is 3. The second-order valence-corrected chi connectivity index (χ2v) is 4.78. The van der Waals surface area contributed by atoms with Crippen molar-refractivity contribution < 1.29 is 9.59 Å². The van der Waals surface area contributed by atoms with Crippen molar-refractivity contribution in [3.05, 3.63) is 34.3 Å². The van der Waals surface area contributed by atoms with E-state index in [0.717, 1.165) is 4.47 Å². The van der Waals surface area contributed by atoms with E-state index in [9.17, 15) is 9.59 Å². The zero-order valence-electron chi connectivity index (χ0n) is 10.1. The molecule has 0 N–H and O–H groups in total. The lowest BCUT2D eigenvalue weighted by molar-refractivity contribution is -0.129. The number of carbonyl (C=O) groups is 2. The van der Waals surface area contributed by atoms with Crippen LogP contribution in [-0.4, -0.2) is 49.3 Å². The Balaban J connectivity index is 2.77. The lowest BCUT2D eigenvalue weighted by atomic mass is 10.2. The monoisotopic (exact) mass is 298 g/mol. The summed E-state index contributed by atoms with van der Waals surface area (Å²) in [7, 11) is 4.95. The van der Waals surface area contributed by atoms with Crippen LogP contribution in [0.4, 0.5) is 0 Å². The van der Waals surface area contributed by atoms with Crippen molar-refractivity contribution in [3.8, 4) is 0 Å². The van der Waals surface area contributed by atoms with Crippen LogP contribution >= 0.6 is 15.9 Å². The molecule has 0 spiro atoms. The molecule has 0 radical (unpaired) electrons. The Bertz CT molecular complexity index is 432. The largest absolute Gasteiger partial charge is 0.347 e. The Labute approximate surface area is 109 Å². The molecule has 1 aromatic carbocycles. The predicted octanol–water partition coefficient (Wildman–Crippen LogP) is 1.61. The van der Waals surface area contributed by atoms with Crippen LogP contribution in [0.1, 0.15) is 10.4 Å². The number of likely N-dealkylation sites (N-methyl/N-ethyl adjacent to an activating group) is 2. The molecule has 0 atom stereocenters. The third-order valence-corrected chi connectivity index (χ3v) is 3.01. The maximum absolute atomic E-state index is 12.0. The third kappa shape index (κ3) is 3.56. The lowest BCUT2D eigenvalue weighted by Crippen LogP contribution is -2.37. The zero-order valence-corrected chi connectivity index (χ0v) is 11.7. The van der Waals surface area contributed by atoms with E-state index >= 15 is 0 Å². The Morgan fingerprint density at radius 1 is 1.18 bits per heavy atom. The normalized spacial score (nSPS) is 9.88. The fourth-order valence-electron chi connectivity index (χ4n) is 1.26. The number of nitrogens with zero attached hydrogens (tertiary/aromatic N) is 2. The first-order valence-corrected chi connectivity index (χ1v) is 5.93. The van der Waals surface area contributed by atoms with Crippen molar-refractivity contribution in [2.75, 3.05) is 27.7 Å². The first-order chi connectivity index (χ1) is 7.93. The van der Waals surface area contributed by atoms with Crippen molar-refractivity contribution in [3.63, 3.8) is 0 Å². The molecule has 0 unspecified atom stereocenters. The summed E-state index contributed by atoms with van der Waals surface area (Å²) < 4.78 is 0.731. The van der Waals surface area contributed by atoms with Gasteiger partial charge in [0.2, 0.25) is 5.91 Å². The van der Waals surface area contributed by atoms with E-state index in [1.165, 1.54) is 9.80 Å². The number of hydrogen-bond donors (Lipinski definition) is 0. The van der Waals surface area contributed by atoms with E-state index in [2.05, 4.69) is 15.9 Å². The molecule has 0 heterocycles. The van der Waals surface area contributed by atoms with Gasteiger partial charge in [-0.05, 0) is 28.1 Å². The molecular weight excluding hydrogens is 284 g/mol. The van der Waals surface area contributed by atoms with Gasteiger partial charge in [0.25, 0.3) is 5.91 Å². The molecule has 0 aliphatic heterocycles. The summed E-state index contributed by atoms with van der Waals surface area (Å²) in [6.45, 7) is 0.0766. The molecule has 17 heavy (non-hydrogen) atoms. The van der Waals surface area contributed by atoms with Crippen LogP contribution in [0.25, 0.3) is 0 Å². The highest BCUT2D eigenvalue weighted by atomic mass is 79.9. The van der Waals surface area contributed by atoms with Crippen LogP contribution < -0.4 is 0 Å². The van der Waals surface area contributed by atoms with Crippen molar-refractivity contribution in [2.24, 2.45) is 0 Å². The zero-order chi connectivity index (χ0) is 13.0. The third-order valence-electron chi connectivity index (χ3n) is 2.32. The molecule has 0 saturated heterocycles. The lowest BCUT2D eigenvalue weighted by Gasteiger charge is -2.19. The standard InChI is InChI=1S/C12H15BrN2O2/c1-14(2)11(16)8-15(3)12(17)9-6-4-5-7-10(9)13/h4-7H,8H2,1-3H3. The second-order valence-electron chi connectivity index (χ2n) is 3.93. The molecule has 0 fully saturated rings. The number of halogens is 1. The number of carbonyl (C=O) groups excluding carboxylic acids is 2. The summed E-state index contributed by atoms with van der Waals surface area (Å²) in [4.78, 5) is 26.4. The average molecular weight is 299 g/mol. The quantitative estimate of drug-likeness (QED) is 0.851. The average Bonchev–Trinajstić information content (AvgIpc) is 2.28. The highest BCUT2D eigenvalue weighted by molar-refractivity contribution is 9.10. The summed E-state index contributed by atoms with van der Waals surface area (Å²) in [5.74, 6) is -0.277. The minimum absolute atomic E-state index is 0.0766. The van der Waals surface area contributed by atoms with Crippen LogP contribution in [-0.2, 0) is 4.79 Å². The molecule has 2 amide bonds. The Morgan fingerprint density at radius 2 is 1.76 bits per heavy atom. The molecule has 92 valence electrons. The van der Waals surface area contributed by atoms with Crippen molar-refractivity contribution >= 4 is 27.7 Å². The van der Waals surface area contributed by atoms with Crippen molar-refractivity contribution in [1.29, 1.82) is 0 Å². The summed E-state index contributed by atoms with van der Waals surface area (Å²) in [5.41, 5.74) is 0.557. The van der Waals surface area contributed by atoms with Gasteiger partial charge in [0.15, 0.2) is 0 Å². The van der Waals surface area contributed by atoms with Crippen molar-refractivity contribution in [1.82, 2.24) is 9.80 Å². The van der Waals surface area contributed by atoms with Gasteiger partial charge in [0.05, 0.1) is 12.1 Å². The molecular formula is C12H15BrN2O2. The molecule has 0 aliphatic rings. The van der Waals surface area contributed by atoms with Crippen LogP contribution in [0.2, 0.25) is 0 Å². The number of amides is 2. The predicted molar refractivity (Wildman–Crippen MR) is 69.8 cm³/mol. The molecule has 0 aliphatic carbocycles. The molecule has 4 nitrogen and oxygen atoms in total. The second kappa shape index (κ2) is 5.82. The maximum atomic E-state index is 12.0. The molecule has 1 rings (SSSR count). The van der Waals surface area contributed by atoms with Gasteiger partial charge < -0.3 is 9.80 Å². The van der Waals surface area contributed by atoms with Crippen LogP contribution in [0.3, 0.4) is 0 Å². The van der Waals surface area contributed by atoms with Gasteiger partial charge >= 0.3 is 0 Å². The van der Waals surface area contributed by atoms with Gasteiger partial charge in [-0.25, -0.2) is 0 Å². The van der Waals surface area contributed by atoms with Crippen LogP contribution in [0.5, 0.6) is 0 Å². The number of hydrogen-bond acceptors (Lipinski definition) is 2. The topological polar surface area (TPSA) is 40.6 Å². The number of benzene rings is 1. The molecule has 0 bridgehead atoms. The fourth-order valence-corrected chi connectivity index (χ4v) is 1.71. The smallest absolute Gasteiger partial charge is 0.255 e. The highest BCUT2D eigenvalue weighted by Crippen LogP contribution is 2.17. The fraction of sp³-hybridized carbons (Fsp3) is 0.333. The Hall–Kier alpha value is -1.36. The molecule has 0 saturated carbocycles.